The molecule has 2 atom stereocenters. The molecule has 0 bridgehead atoms. The van der Waals surface area contributed by atoms with Crippen molar-refractivity contribution in [2.24, 2.45) is 18.9 Å². The van der Waals surface area contributed by atoms with Crippen molar-refractivity contribution in [3.05, 3.63) is 16.4 Å². The van der Waals surface area contributed by atoms with Crippen molar-refractivity contribution in [1.29, 1.82) is 0 Å². The van der Waals surface area contributed by atoms with Gasteiger partial charge in [0.2, 0.25) is 0 Å². The van der Waals surface area contributed by atoms with Crippen molar-refractivity contribution in [3.63, 3.8) is 0 Å². The number of hydrogen-bond acceptors (Lipinski definition) is 3. The van der Waals surface area contributed by atoms with Gasteiger partial charge in [-0.05, 0) is 31.6 Å². The third kappa shape index (κ3) is 3.26. The molecule has 2 unspecified atom stereocenters. The fourth-order valence-electron chi connectivity index (χ4n) is 2.69. The SMILES string of the molecule is Cc1nn(C)c(CC(CCl)C2CCS(=O)(=O)C2)c1Cl. The van der Waals surface area contributed by atoms with Crippen molar-refractivity contribution in [3.8, 4) is 0 Å². The number of sulfone groups is 1. The molecule has 19 heavy (non-hydrogen) atoms. The van der Waals surface area contributed by atoms with Crippen molar-refractivity contribution in [2.45, 2.75) is 19.8 Å². The minimum Gasteiger partial charge on any atom is -0.271 e. The van der Waals surface area contributed by atoms with Gasteiger partial charge in [0.25, 0.3) is 0 Å². The van der Waals surface area contributed by atoms with E-state index in [0.29, 0.717) is 23.7 Å². The van der Waals surface area contributed by atoms with Gasteiger partial charge in [-0.1, -0.05) is 11.6 Å². The molecule has 7 heteroatoms. The Balaban J connectivity index is 2.16. The topological polar surface area (TPSA) is 52.0 Å². The van der Waals surface area contributed by atoms with Crippen LogP contribution in [-0.2, 0) is 23.3 Å². The fourth-order valence-corrected chi connectivity index (χ4v) is 5.21. The van der Waals surface area contributed by atoms with Crippen LogP contribution in [0.25, 0.3) is 0 Å². The highest BCUT2D eigenvalue weighted by atomic mass is 35.5. The summed E-state index contributed by atoms with van der Waals surface area (Å²) >= 11 is 12.3. The first-order chi connectivity index (χ1) is 8.84. The highest BCUT2D eigenvalue weighted by Gasteiger charge is 2.34. The molecule has 0 aliphatic carbocycles. The van der Waals surface area contributed by atoms with Crippen LogP contribution >= 0.6 is 23.2 Å². The van der Waals surface area contributed by atoms with Gasteiger partial charge >= 0.3 is 0 Å². The fraction of sp³-hybridized carbons (Fsp3) is 0.750. The zero-order valence-corrected chi connectivity index (χ0v) is 13.4. The summed E-state index contributed by atoms with van der Waals surface area (Å²) < 4.78 is 24.9. The molecule has 1 aliphatic heterocycles. The van der Waals surface area contributed by atoms with E-state index < -0.39 is 9.84 Å². The molecule has 4 nitrogen and oxygen atoms in total. The van der Waals surface area contributed by atoms with E-state index in [-0.39, 0.29) is 23.3 Å². The number of halogens is 2. The molecule has 0 N–H and O–H groups in total. The van der Waals surface area contributed by atoms with Gasteiger partial charge in [0.1, 0.15) is 0 Å². The summed E-state index contributed by atoms with van der Waals surface area (Å²) in [6, 6.07) is 0. The number of rotatable bonds is 4. The Bertz CT molecular complexity index is 569. The van der Waals surface area contributed by atoms with Crippen LogP contribution in [0.5, 0.6) is 0 Å². The first-order valence-electron chi connectivity index (χ1n) is 6.28. The van der Waals surface area contributed by atoms with Crippen LogP contribution in [0.1, 0.15) is 17.8 Å². The van der Waals surface area contributed by atoms with Crippen LogP contribution in [0, 0.1) is 18.8 Å². The number of aryl methyl sites for hydroxylation is 2. The Morgan fingerprint density at radius 3 is 2.63 bits per heavy atom. The smallest absolute Gasteiger partial charge is 0.150 e. The molecule has 2 heterocycles. The number of hydrogen-bond donors (Lipinski definition) is 0. The van der Waals surface area contributed by atoms with Crippen LogP contribution in [0.4, 0.5) is 0 Å². The number of nitrogens with zero attached hydrogens (tertiary/aromatic N) is 2. The molecule has 108 valence electrons. The highest BCUT2D eigenvalue weighted by molar-refractivity contribution is 7.91. The Morgan fingerprint density at radius 1 is 1.53 bits per heavy atom. The minimum absolute atomic E-state index is 0.131. The molecule has 0 radical (unpaired) electrons. The predicted molar refractivity (Wildman–Crippen MR) is 77.6 cm³/mol. The summed E-state index contributed by atoms with van der Waals surface area (Å²) in [4.78, 5) is 0. The standard InChI is InChI=1S/C12H18Cl2N2O2S/c1-8-12(14)11(16(2)15-8)5-10(6-13)9-3-4-19(17,18)7-9/h9-10H,3-7H2,1-2H3. The summed E-state index contributed by atoms with van der Waals surface area (Å²) in [6.45, 7) is 1.86. The summed E-state index contributed by atoms with van der Waals surface area (Å²) in [5.41, 5.74) is 1.74. The first-order valence-corrected chi connectivity index (χ1v) is 9.02. The van der Waals surface area contributed by atoms with Gasteiger partial charge in [-0.25, -0.2) is 8.42 Å². The van der Waals surface area contributed by atoms with E-state index in [1.165, 1.54) is 0 Å². The van der Waals surface area contributed by atoms with Crippen molar-refractivity contribution >= 4 is 33.0 Å². The lowest BCUT2D eigenvalue weighted by Crippen LogP contribution is -2.21. The Morgan fingerprint density at radius 2 is 2.21 bits per heavy atom. The summed E-state index contributed by atoms with van der Waals surface area (Å²) in [5.74, 6) is 1.24. The van der Waals surface area contributed by atoms with Gasteiger partial charge in [-0.15, -0.1) is 11.6 Å². The van der Waals surface area contributed by atoms with Crippen molar-refractivity contribution in [1.82, 2.24) is 9.78 Å². The van der Waals surface area contributed by atoms with Crippen molar-refractivity contribution < 1.29 is 8.42 Å². The minimum atomic E-state index is -2.87. The zero-order valence-electron chi connectivity index (χ0n) is 11.1. The van der Waals surface area contributed by atoms with E-state index in [1.54, 1.807) is 4.68 Å². The normalized spacial score (nSPS) is 23.7. The molecule has 0 aromatic carbocycles. The Hall–Kier alpha value is -0.260. The molecule has 1 aromatic rings. The van der Waals surface area contributed by atoms with Crippen LogP contribution in [-0.4, -0.2) is 35.6 Å². The maximum absolute atomic E-state index is 11.6. The van der Waals surface area contributed by atoms with Crippen molar-refractivity contribution in [2.75, 3.05) is 17.4 Å². The molecule has 0 spiro atoms. The van der Waals surface area contributed by atoms with E-state index in [1.807, 2.05) is 14.0 Å². The van der Waals surface area contributed by atoms with Crippen LogP contribution in [0.3, 0.4) is 0 Å². The monoisotopic (exact) mass is 324 g/mol. The quantitative estimate of drug-likeness (QED) is 0.798. The molecule has 1 aromatic heterocycles. The van der Waals surface area contributed by atoms with Gasteiger partial charge < -0.3 is 0 Å². The molecule has 1 saturated heterocycles. The lowest BCUT2D eigenvalue weighted by Gasteiger charge is -2.20. The van der Waals surface area contributed by atoms with E-state index >= 15 is 0 Å². The molecular formula is C12H18Cl2N2O2S. The first kappa shape index (κ1) is 15.1. The third-order valence-electron chi connectivity index (χ3n) is 3.85. The highest BCUT2D eigenvalue weighted by Crippen LogP contribution is 2.31. The second-order valence-electron chi connectivity index (χ2n) is 5.25. The molecule has 2 rings (SSSR count). The summed E-state index contributed by atoms with van der Waals surface area (Å²) in [6.07, 6.45) is 1.38. The van der Waals surface area contributed by atoms with E-state index in [4.69, 9.17) is 23.2 Å². The van der Waals surface area contributed by atoms with Gasteiger partial charge in [0.15, 0.2) is 9.84 Å². The average molecular weight is 325 g/mol. The second kappa shape index (κ2) is 5.62. The number of alkyl halides is 1. The van der Waals surface area contributed by atoms with Crippen LogP contribution < -0.4 is 0 Å². The average Bonchev–Trinajstić information content (AvgIpc) is 2.79. The predicted octanol–water partition coefficient (Wildman–Crippen LogP) is 2.21. The molecule has 1 fully saturated rings. The van der Waals surface area contributed by atoms with Gasteiger partial charge in [-0.3, -0.25) is 4.68 Å². The molecule has 1 aliphatic rings. The Labute approximate surface area is 124 Å². The third-order valence-corrected chi connectivity index (χ3v) is 6.53. The van der Waals surface area contributed by atoms with E-state index in [2.05, 4.69) is 5.10 Å². The lowest BCUT2D eigenvalue weighted by molar-refractivity contribution is 0.389. The number of aromatic nitrogens is 2. The maximum atomic E-state index is 11.6. The lowest BCUT2D eigenvalue weighted by atomic mass is 9.89. The maximum Gasteiger partial charge on any atom is 0.150 e. The molecular weight excluding hydrogens is 307 g/mol. The zero-order chi connectivity index (χ0) is 14.2. The van der Waals surface area contributed by atoms with Gasteiger partial charge in [0.05, 0.1) is 27.9 Å². The van der Waals surface area contributed by atoms with Crippen LogP contribution in [0.15, 0.2) is 0 Å². The molecule has 0 amide bonds. The Kier molecular flexibility index (Phi) is 4.48. The largest absolute Gasteiger partial charge is 0.271 e. The second-order valence-corrected chi connectivity index (χ2v) is 8.17. The van der Waals surface area contributed by atoms with E-state index in [0.717, 1.165) is 11.4 Å². The molecule has 0 saturated carbocycles. The van der Waals surface area contributed by atoms with Gasteiger partial charge in [0, 0.05) is 12.9 Å². The summed E-state index contributed by atoms with van der Waals surface area (Å²) in [7, 11) is -1.02. The van der Waals surface area contributed by atoms with Crippen LogP contribution in [0.2, 0.25) is 5.02 Å². The van der Waals surface area contributed by atoms with E-state index in [9.17, 15) is 8.42 Å². The summed E-state index contributed by atoms with van der Waals surface area (Å²) in [5, 5.41) is 4.94. The van der Waals surface area contributed by atoms with Gasteiger partial charge in [-0.2, -0.15) is 5.10 Å².